The van der Waals surface area contributed by atoms with Crippen molar-refractivity contribution in [3.8, 4) is 11.1 Å². The first-order valence-corrected chi connectivity index (χ1v) is 10.9. The van der Waals surface area contributed by atoms with Gasteiger partial charge in [0.15, 0.2) is 9.84 Å². The molecule has 148 valence electrons. The van der Waals surface area contributed by atoms with Crippen LogP contribution >= 0.6 is 0 Å². The van der Waals surface area contributed by atoms with Gasteiger partial charge >= 0.3 is 0 Å². The number of hydrogen-bond donors (Lipinski definition) is 0. The second-order valence-electron chi connectivity index (χ2n) is 7.60. The highest BCUT2D eigenvalue weighted by Gasteiger charge is 2.50. The maximum absolute atomic E-state index is 14.0. The van der Waals surface area contributed by atoms with Gasteiger partial charge in [-0.2, -0.15) is 4.39 Å². The molecule has 4 nitrogen and oxygen atoms in total. The lowest BCUT2D eigenvalue weighted by molar-refractivity contribution is 0.320. The van der Waals surface area contributed by atoms with Gasteiger partial charge in [-0.05, 0) is 41.5 Å². The molecular weight excluding hydrogens is 394 g/mol. The minimum atomic E-state index is -3.44. The molecular formula is C22H18F2N2O2S. The fourth-order valence-corrected chi connectivity index (χ4v) is 6.64. The van der Waals surface area contributed by atoms with Gasteiger partial charge in [-0.15, -0.1) is 0 Å². The number of rotatable bonds is 3. The summed E-state index contributed by atoms with van der Waals surface area (Å²) in [6.45, 7) is 1.31. The average molecular weight is 412 g/mol. The fourth-order valence-electron chi connectivity index (χ4n) is 4.45. The lowest BCUT2D eigenvalue weighted by atomic mass is 9.95. The molecule has 0 spiro atoms. The van der Waals surface area contributed by atoms with Gasteiger partial charge in [-0.25, -0.2) is 17.8 Å². The maximum Gasteiger partial charge on any atom is 0.212 e. The van der Waals surface area contributed by atoms with E-state index < -0.39 is 21.0 Å². The maximum atomic E-state index is 14.0. The molecule has 5 rings (SSSR count). The van der Waals surface area contributed by atoms with Crippen molar-refractivity contribution in [2.75, 3.05) is 13.1 Å². The van der Waals surface area contributed by atoms with Crippen LogP contribution in [0.15, 0.2) is 65.7 Å². The minimum absolute atomic E-state index is 0.157. The van der Waals surface area contributed by atoms with E-state index >= 15 is 0 Å². The Morgan fingerprint density at radius 2 is 1.79 bits per heavy atom. The molecule has 0 radical (unpaired) electrons. The molecule has 0 N–H and O–H groups in total. The molecule has 0 aliphatic carbocycles. The lowest BCUT2D eigenvalue weighted by Gasteiger charge is -2.18. The van der Waals surface area contributed by atoms with Crippen molar-refractivity contribution in [1.29, 1.82) is 0 Å². The Labute approximate surface area is 167 Å². The van der Waals surface area contributed by atoms with E-state index in [0.29, 0.717) is 30.1 Å². The summed E-state index contributed by atoms with van der Waals surface area (Å²) in [5.74, 6) is -0.994. The monoisotopic (exact) mass is 412 g/mol. The molecule has 3 heterocycles. The second kappa shape index (κ2) is 6.71. The van der Waals surface area contributed by atoms with E-state index in [4.69, 9.17) is 0 Å². The van der Waals surface area contributed by atoms with Crippen LogP contribution in [0.1, 0.15) is 17.0 Å². The topological polar surface area (TPSA) is 50.3 Å². The molecule has 1 aromatic heterocycles. The largest absolute Gasteiger partial charge is 0.297 e. The number of pyridine rings is 1. The van der Waals surface area contributed by atoms with Crippen LogP contribution in [-0.2, 0) is 16.4 Å². The SMILES string of the molecule is O=S1(=O)c2ccc(-c3ccc(F)nc3)cc2C2CN(Cc3ccccc3F)CC21. The zero-order valence-electron chi connectivity index (χ0n) is 15.4. The van der Waals surface area contributed by atoms with E-state index in [1.165, 1.54) is 18.3 Å². The van der Waals surface area contributed by atoms with E-state index in [-0.39, 0.29) is 11.7 Å². The number of benzene rings is 2. The number of hydrogen-bond acceptors (Lipinski definition) is 4. The van der Waals surface area contributed by atoms with Crippen LogP contribution in [0.25, 0.3) is 11.1 Å². The van der Waals surface area contributed by atoms with Crippen molar-refractivity contribution >= 4 is 9.84 Å². The van der Waals surface area contributed by atoms with Crippen molar-refractivity contribution in [2.24, 2.45) is 0 Å². The lowest BCUT2D eigenvalue weighted by Crippen LogP contribution is -2.26. The van der Waals surface area contributed by atoms with E-state index in [1.54, 1.807) is 36.4 Å². The zero-order chi connectivity index (χ0) is 20.2. The predicted molar refractivity (Wildman–Crippen MR) is 105 cm³/mol. The molecule has 1 saturated heterocycles. The third kappa shape index (κ3) is 3.05. The Bertz CT molecular complexity index is 1200. The van der Waals surface area contributed by atoms with Crippen molar-refractivity contribution in [1.82, 2.24) is 9.88 Å². The van der Waals surface area contributed by atoms with Crippen LogP contribution in [0.4, 0.5) is 8.78 Å². The van der Waals surface area contributed by atoms with Gasteiger partial charge in [0, 0.05) is 42.9 Å². The molecule has 0 bridgehead atoms. The Morgan fingerprint density at radius 1 is 1.00 bits per heavy atom. The van der Waals surface area contributed by atoms with Gasteiger partial charge in [0.25, 0.3) is 0 Å². The first kappa shape index (κ1) is 18.4. The standard InChI is InChI=1S/C22H18F2N2O2S/c23-19-4-2-1-3-16(19)11-26-12-18-17-9-14(15-6-8-22(24)25-10-15)5-7-20(17)29(27,28)21(18)13-26/h1-10,18,21H,11-13H2. The average Bonchev–Trinajstić information content (AvgIpc) is 3.22. The number of nitrogens with zero attached hydrogens (tertiary/aromatic N) is 2. The van der Waals surface area contributed by atoms with E-state index in [9.17, 15) is 17.2 Å². The van der Waals surface area contributed by atoms with Crippen molar-refractivity contribution in [3.05, 3.63) is 83.7 Å². The number of halogens is 2. The van der Waals surface area contributed by atoms with E-state index in [0.717, 1.165) is 16.7 Å². The van der Waals surface area contributed by atoms with Gasteiger partial charge in [0.1, 0.15) is 5.82 Å². The molecule has 2 aliphatic heterocycles. The summed E-state index contributed by atoms with van der Waals surface area (Å²) < 4.78 is 53.3. The Balaban J connectivity index is 1.48. The molecule has 3 aromatic rings. The van der Waals surface area contributed by atoms with Gasteiger partial charge < -0.3 is 0 Å². The molecule has 2 aromatic carbocycles. The highest BCUT2D eigenvalue weighted by atomic mass is 32.2. The highest BCUT2D eigenvalue weighted by molar-refractivity contribution is 7.92. The normalized spacial score (nSPS) is 22.4. The quantitative estimate of drug-likeness (QED) is 0.615. The summed E-state index contributed by atoms with van der Waals surface area (Å²) in [5, 5.41) is -0.522. The third-order valence-electron chi connectivity index (χ3n) is 5.87. The summed E-state index contributed by atoms with van der Waals surface area (Å²) in [4.78, 5) is 6.06. The summed E-state index contributed by atoms with van der Waals surface area (Å²) in [7, 11) is -3.44. The fraction of sp³-hybridized carbons (Fsp3) is 0.227. The summed E-state index contributed by atoms with van der Waals surface area (Å²) in [6, 6.07) is 14.7. The second-order valence-corrected chi connectivity index (χ2v) is 9.73. The molecule has 0 saturated carbocycles. The highest BCUT2D eigenvalue weighted by Crippen LogP contribution is 2.46. The van der Waals surface area contributed by atoms with Crippen LogP contribution < -0.4 is 0 Å². The van der Waals surface area contributed by atoms with Crippen molar-refractivity contribution in [2.45, 2.75) is 22.6 Å². The zero-order valence-corrected chi connectivity index (χ0v) is 16.2. The van der Waals surface area contributed by atoms with Gasteiger partial charge in [-0.3, -0.25) is 4.90 Å². The first-order chi connectivity index (χ1) is 13.9. The van der Waals surface area contributed by atoms with Crippen molar-refractivity contribution < 1.29 is 17.2 Å². The third-order valence-corrected chi connectivity index (χ3v) is 8.13. The molecule has 2 atom stereocenters. The molecule has 2 unspecified atom stereocenters. The predicted octanol–water partition coefficient (Wildman–Crippen LogP) is 3.78. The number of aromatic nitrogens is 1. The van der Waals surface area contributed by atoms with Crippen LogP contribution in [0.5, 0.6) is 0 Å². The molecule has 1 fully saturated rings. The van der Waals surface area contributed by atoms with Crippen LogP contribution in [0, 0.1) is 11.8 Å². The van der Waals surface area contributed by atoms with Gasteiger partial charge in [-0.1, -0.05) is 24.3 Å². The molecule has 7 heteroatoms. The Morgan fingerprint density at radius 3 is 2.55 bits per heavy atom. The van der Waals surface area contributed by atoms with Crippen LogP contribution in [0.2, 0.25) is 0 Å². The molecule has 0 amide bonds. The van der Waals surface area contributed by atoms with E-state index in [2.05, 4.69) is 4.98 Å². The number of fused-ring (bicyclic) bond motifs is 3. The van der Waals surface area contributed by atoms with Crippen molar-refractivity contribution in [3.63, 3.8) is 0 Å². The molecule has 29 heavy (non-hydrogen) atoms. The first-order valence-electron chi connectivity index (χ1n) is 9.39. The molecule has 2 aliphatic rings. The Kier molecular flexibility index (Phi) is 4.26. The van der Waals surface area contributed by atoms with E-state index in [1.807, 2.05) is 11.0 Å². The summed E-state index contributed by atoms with van der Waals surface area (Å²) in [5.41, 5.74) is 2.89. The van der Waals surface area contributed by atoms with Gasteiger partial charge in [0.2, 0.25) is 5.95 Å². The van der Waals surface area contributed by atoms with Crippen LogP contribution in [0.3, 0.4) is 0 Å². The number of likely N-dealkylation sites (tertiary alicyclic amines) is 1. The Hall–Kier alpha value is -2.64. The number of sulfone groups is 1. The minimum Gasteiger partial charge on any atom is -0.297 e. The smallest absolute Gasteiger partial charge is 0.212 e. The summed E-state index contributed by atoms with van der Waals surface area (Å²) in [6.07, 6.45) is 1.44. The van der Waals surface area contributed by atoms with Gasteiger partial charge in [0.05, 0.1) is 10.1 Å². The summed E-state index contributed by atoms with van der Waals surface area (Å²) >= 11 is 0. The van der Waals surface area contributed by atoms with Crippen LogP contribution in [-0.4, -0.2) is 36.6 Å².